The highest BCUT2D eigenvalue weighted by molar-refractivity contribution is 7.11. The van der Waals surface area contributed by atoms with Crippen LogP contribution in [0.1, 0.15) is 42.3 Å². The predicted molar refractivity (Wildman–Crippen MR) is 110 cm³/mol. The first-order chi connectivity index (χ1) is 13.4. The molecule has 2 aliphatic rings. The Hall–Kier alpha value is -1.70. The number of thiophene rings is 1. The predicted octanol–water partition coefficient (Wildman–Crippen LogP) is 2.92. The fraction of sp³-hybridized carbons (Fsp3) is 0.619. The summed E-state index contributed by atoms with van der Waals surface area (Å²) in [7, 11) is 0. The van der Waals surface area contributed by atoms with E-state index in [-0.39, 0.29) is 5.91 Å². The number of carbonyl (C=O) groups excluding carboxylic acids is 1. The van der Waals surface area contributed by atoms with Crippen molar-refractivity contribution in [1.82, 2.24) is 19.8 Å². The van der Waals surface area contributed by atoms with E-state index in [1.54, 1.807) is 0 Å². The molecule has 0 aliphatic carbocycles. The lowest BCUT2D eigenvalue weighted by Crippen LogP contribution is -2.54. The smallest absolute Gasteiger partial charge is 0.251 e. The minimum atomic E-state index is -0.455. The van der Waals surface area contributed by atoms with Gasteiger partial charge in [0.2, 0.25) is 0 Å². The first-order valence-electron chi connectivity index (χ1n) is 10.2. The highest BCUT2D eigenvalue weighted by Gasteiger charge is 2.47. The number of hydrogen-bond acceptors (Lipinski definition) is 5. The van der Waals surface area contributed by atoms with Crippen LogP contribution >= 0.6 is 11.3 Å². The number of rotatable bonds is 5. The molecule has 28 heavy (non-hydrogen) atoms. The van der Waals surface area contributed by atoms with Crippen LogP contribution in [0, 0.1) is 12.8 Å². The number of imidazole rings is 1. The molecule has 7 heteroatoms. The van der Waals surface area contributed by atoms with E-state index in [4.69, 9.17) is 4.74 Å². The van der Waals surface area contributed by atoms with Crippen LogP contribution < -0.4 is 5.32 Å². The number of amides is 1. The lowest BCUT2D eigenvalue weighted by molar-refractivity contribution is -0.173. The summed E-state index contributed by atoms with van der Waals surface area (Å²) in [6.07, 6.45) is 5.08. The zero-order valence-electron chi connectivity index (χ0n) is 17.0. The van der Waals surface area contributed by atoms with Gasteiger partial charge in [-0.1, -0.05) is 13.8 Å². The van der Waals surface area contributed by atoms with E-state index in [1.807, 2.05) is 23.7 Å². The fourth-order valence-electron chi connectivity index (χ4n) is 4.16. The standard InChI is InChI=1S/C21H30N4O2S/c1-15(2)12-23-19(26)18-14-25-11-8-22-20(25)21(27-18)6-9-24(10-7-21)13-17-5-4-16(3)28-17/h4-5,8,11,15,18H,6-7,9-10,12-14H2,1-3H3,(H,23,26)/t18-/m0/s1. The van der Waals surface area contributed by atoms with Gasteiger partial charge in [0, 0.05) is 48.3 Å². The minimum absolute atomic E-state index is 0.0103. The van der Waals surface area contributed by atoms with Crippen molar-refractivity contribution in [3.05, 3.63) is 40.1 Å². The first-order valence-corrected chi connectivity index (χ1v) is 11.0. The van der Waals surface area contributed by atoms with Crippen molar-refractivity contribution in [2.24, 2.45) is 5.92 Å². The Kier molecular flexibility index (Phi) is 5.58. The van der Waals surface area contributed by atoms with E-state index in [0.717, 1.165) is 38.3 Å². The molecule has 4 heterocycles. The van der Waals surface area contributed by atoms with E-state index in [9.17, 15) is 4.79 Å². The number of fused-ring (bicyclic) bond motifs is 2. The maximum absolute atomic E-state index is 12.7. The van der Waals surface area contributed by atoms with Crippen LogP contribution in [-0.2, 0) is 28.2 Å². The number of likely N-dealkylation sites (tertiary alicyclic amines) is 1. The van der Waals surface area contributed by atoms with Crippen molar-refractivity contribution in [1.29, 1.82) is 0 Å². The number of nitrogens with one attached hydrogen (secondary N) is 1. The Morgan fingerprint density at radius 2 is 2.18 bits per heavy atom. The average Bonchev–Trinajstić information content (AvgIpc) is 3.31. The second kappa shape index (κ2) is 7.97. The summed E-state index contributed by atoms with van der Waals surface area (Å²) in [5, 5.41) is 3.03. The van der Waals surface area contributed by atoms with Crippen LogP contribution in [0.4, 0.5) is 0 Å². The number of hydrogen-bond donors (Lipinski definition) is 1. The van der Waals surface area contributed by atoms with Crippen molar-refractivity contribution >= 4 is 17.2 Å². The summed E-state index contributed by atoms with van der Waals surface area (Å²) in [5.74, 6) is 1.39. The zero-order valence-corrected chi connectivity index (χ0v) is 17.8. The molecule has 152 valence electrons. The zero-order chi connectivity index (χ0) is 19.7. The molecule has 1 amide bonds. The largest absolute Gasteiger partial charge is 0.354 e. The maximum Gasteiger partial charge on any atom is 0.251 e. The summed E-state index contributed by atoms with van der Waals surface area (Å²) in [6, 6.07) is 4.41. The third kappa shape index (κ3) is 4.02. The van der Waals surface area contributed by atoms with E-state index in [0.29, 0.717) is 19.0 Å². The summed E-state index contributed by atoms with van der Waals surface area (Å²) in [6.45, 7) is 10.5. The lowest BCUT2D eigenvalue weighted by Gasteiger charge is -2.45. The second-order valence-corrected chi connectivity index (χ2v) is 9.80. The molecule has 0 saturated carbocycles. The quantitative estimate of drug-likeness (QED) is 0.835. The van der Waals surface area contributed by atoms with Crippen molar-refractivity contribution in [2.75, 3.05) is 19.6 Å². The highest BCUT2D eigenvalue weighted by atomic mass is 32.1. The van der Waals surface area contributed by atoms with Gasteiger partial charge in [0.15, 0.2) is 6.10 Å². The van der Waals surface area contributed by atoms with Gasteiger partial charge in [-0.15, -0.1) is 11.3 Å². The average molecular weight is 403 g/mol. The van der Waals surface area contributed by atoms with Crippen LogP contribution in [-0.4, -0.2) is 46.1 Å². The normalized spacial score (nSPS) is 21.8. The lowest BCUT2D eigenvalue weighted by atomic mass is 9.88. The summed E-state index contributed by atoms with van der Waals surface area (Å²) in [4.78, 5) is 22.5. The van der Waals surface area contributed by atoms with E-state index >= 15 is 0 Å². The number of ether oxygens (including phenoxy) is 1. The third-order valence-electron chi connectivity index (χ3n) is 5.67. The van der Waals surface area contributed by atoms with Gasteiger partial charge in [-0.05, 0) is 37.8 Å². The second-order valence-electron chi connectivity index (χ2n) is 8.43. The Labute approximate surface area is 170 Å². The molecular formula is C21H30N4O2S. The molecule has 0 radical (unpaired) electrons. The number of carbonyl (C=O) groups is 1. The molecule has 4 rings (SSSR count). The molecule has 1 N–H and O–H groups in total. The summed E-state index contributed by atoms with van der Waals surface area (Å²) in [5.41, 5.74) is -0.455. The molecule has 2 aromatic rings. The topological polar surface area (TPSA) is 59.4 Å². The van der Waals surface area contributed by atoms with E-state index < -0.39 is 11.7 Å². The van der Waals surface area contributed by atoms with Crippen LogP contribution in [0.5, 0.6) is 0 Å². The monoisotopic (exact) mass is 402 g/mol. The number of aromatic nitrogens is 2. The Morgan fingerprint density at radius 1 is 1.39 bits per heavy atom. The minimum Gasteiger partial charge on any atom is -0.354 e. The molecule has 0 aromatic carbocycles. The third-order valence-corrected chi connectivity index (χ3v) is 6.65. The molecule has 2 aromatic heterocycles. The molecule has 0 bridgehead atoms. The molecular weight excluding hydrogens is 372 g/mol. The molecule has 1 fully saturated rings. The summed E-state index contributed by atoms with van der Waals surface area (Å²) < 4.78 is 8.59. The van der Waals surface area contributed by atoms with Crippen molar-refractivity contribution in [2.45, 2.75) is 58.4 Å². The molecule has 1 atom stereocenters. The van der Waals surface area contributed by atoms with Gasteiger partial charge in [0.05, 0.1) is 6.54 Å². The number of aryl methyl sites for hydroxylation is 1. The molecule has 2 aliphatic heterocycles. The van der Waals surface area contributed by atoms with Gasteiger partial charge in [-0.2, -0.15) is 0 Å². The van der Waals surface area contributed by atoms with Crippen molar-refractivity contribution in [3.8, 4) is 0 Å². The molecule has 0 unspecified atom stereocenters. The van der Waals surface area contributed by atoms with Crippen molar-refractivity contribution in [3.63, 3.8) is 0 Å². The van der Waals surface area contributed by atoms with E-state index in [2.05, 4.69) is 52.7 Å². The number of piperidine rings is 1. The van der Waals surface area contributed by atoms with Crippen LogP contribution in [0.15, 0.2) is 24.5 Å². The van der Waals surface area contributed by atoms with Gasteiger partial charge in [-0.25, -0.2) is 4.98 Å². The molecule has 1 saturated heterocycles. The van der Waals surface area contributed by atoms with Crippen LogP contribution in [0.25, 0.3) is 0 Å². The first kappa shape index (κ1) is 19.6. The molecule has 1 spiro atoms. The van der Waals surface area contributed by atoms with E-state index in [1.165, 1.54) is 9.75 Å². The van der Waals surface area contributed by atoms with Gasteiger partial charge >= 0.3 is 0 Å². The van der Waals surface area contributed by atoms with Gasteiger partial charge < -0.3 is 14.6 Å². The van der Waals surface area contributed by atoms with Gasteiger partial charge in [0.25, 0.3) is 5.91 Å². The van der Waals surface area contributed by atoms with Crippen molar-refractivity contribution < 1.29 is 9.53 Å². The maximum atomic E-state index is 12.7. The molecule has 6 nitrogen and oxygen atoms in total. The van der Waals surface area contributed by atoms with Gasteiger partial charge in [-0.3, -0.25) is 9.69 Å². The Bertz CT molecular complexity index is 820. The highest BCUT2D eigenvalue weighted by Crippen LogP contribution is 2.40. The van der Waals surface area contributed by atoms with Crippen LogP contribution in [0.2, 0.25) is 0 Å². The SMILES string of the molecule is Cc1ccc(CN2CCC3(CC2)O[C@H](C(=O)NCC(C)C)Cn2ccnc23)s1. The van der Waals surface area contributed by atoms with Gasteiger partial charge in [0.1, 0.15) is 11.4 Å². The Balaban J connectivity index is 1.45. The number of nitrogens with zero attached hydrogens (tertiary/aromatic N) is 3. The Morgan fingerprint density at radius 3 is 2.86 bits per heavy atom. The van der Waals surface area contributed by atoms with Crippen LogP contribution in [0.3, 0.4) is 0 Å². The summed E-state index contributed by atoms with van der Waals surface area (Å²) >= 11 is 1.87. The fourth-order valence-corrected chi connectivity index (χ4v) is 5.09.